The number of nitrogens with zero attached hydrogens (tertiary/aromatic N) is 3. The van der Waals surface area contributed by atoms with Gasteiger partial charge < -0.3 is 15.3 Å². The molecule has 0 amide bonds. The van der Waals surface area contributed by atoms with Crippen LogP contribution in [-0.4, -0.2) is 59.1 Å². The van der Waals surface area contributed by atoms with Crippen molar-refractivity contribution in [2.75, 3.05) is 33.2 Å². The molecule has 1 aromatic rings. The molecule has 21 heavy (non-hydrogen) atoms. The fourth-order valence-electron chi connectivity index (χ4n) is 3.18. The Morgan fingerprint density at radius 2 is 2.14 bits per heavy atom. The van der Waals surface area contributed by atoms with Crippen molar-refractivity contribution in [1.82, 2.24) is 20.0 Å². The zero-order valence-corrected chi connectivity index (χ0v) is 13.7. The number of aryl methyl sites for hydroxylation is 3. The van der Waals surface area contributed by atoms with Crippen LogP contribution in [0.2, 0.25) is 0 Å². The number of hydrogen-bond acceptors (Lipinski definition) is 4. The summed E-state index contributed by atoms with van der Waals surface area (Å²) in [5.74, 6) is 0.463. The van der Waals surface area contributed by atoms with Gasteiger partial charge in [0, 0.05) is 18.8 Å². The van der Waals surface area contributed by atoms with Crippen molar-refractivity contribution < 1.29 is 5.11 Å². The summed E-state index contributed by atoms with van der Waals surface area (Å²) in [5.41, 5.74) is 2.31. The zero-order chi connectivity index (χ0) is 15.2. The monoisotopic (exact) mass is 294 g/mol. The molecule has 1 fully saturated rings. The number of piperidine rings is 1. The van der Waals surface area contributed by atoms with E-state index in [4.69, 9.17) is 0 Å². The largest absolute Gasteiger partial charge is 0.392 e. The van der Waals surface area contributed by atoms with Gasteiger partial charge >= 0.3 is 0 Å². The predicted molar refractivity (Wildman–Crippen MR) is 85.4 cm³/mol. The van der Waals surface area contributed by atoms with Crippen LogP contribution in [0, 0.1) is 19.8 Å². The third-order valence-electron chi connectivity index (χ3n) is 4.44. The van der Waals surface area contributed by atoms with Crippen LogP contribution >= 0.6 is 0 Å². The Bertz CT molecular complexity index is 426. The molecule has 2 N–H and O–H groups in total. The molecule has 5 nitrogen and oxygen atoms in total. The first kappa shape index (κ1) is 16.5. The Morgan fingerprint density at radius 3 is 2.76 bits per heavy atom. The van der Waals surface area contributed by atoms with Crippen molar-refractivity contribution in [1.29, 1.82) is 0 Å². The van der Waals surface area contributed by atoms with E-state index in [0.29, 0.717) is 5.92 Å². The van der Waals surface area contributed by atoms with Crippen LogP contribution in [0.4, 0.5) is 0 Å². The molecule has 1 atom stereocenters. The Hall–Kier alpha value is -0.910. The van der Waals surface area contributed by atoms with Gasteiger partial charge in [-0.3, -0.25) is 4.68 Å². The van der Waals surface area contributed by atoms with Crippen molar-refractivity contribution in [2.24, 2.45) is 5.92 Å². The van der Waals surface area contributed by atoms with E-state index >= 15 is 0 Å². The second kappa shape index (κ2) is 7.92. The van der Waals surface area contributed by atoms with Crippen molar-refractivity contribution in [3.05, 3.63) is 17.5 Å². The quantitative estimate of drug-likeness (QED) is 0.793. The molecule has 1 aliphatic rings. The Morgan fingerprint density at radius 1 is 1.43 bits per heavy atom. The molecule has 5 heteroatoms. The van der Waals surface area contributed by atoms with E-state index in [1.54, 1.807) is 0 Å². The van der Waals surface area contributed by atoms with Gasteiger partial charge in [0.15, 0.2) is 0 Å². The van der Waals surface area contributed by atoms with E-state index in [1.807, 2.05) is 6.92 Å². The molecule has 0 spiro atoms. The lowest BCUT2D eigenvalue weighted by molar-refractivity contribution is 0.0575. The minimum Gasteiger partial charge on any atom is -0.392 e. The van der Waals surface area contributed by atoms with Crippen molar-refractivity contribution >= 4 is 0 Å². The molecule has 0 aliphatic carbocycles. The van der Waals surface area contributed by atoms with Gasteiger partial charge in [-0.2, -0.15) is 5.10 Å². The average Bonchev–Trinajstić information content (AvgIpc) is 2.78. The van der Waals surface area contributed by atoms with Crippen LogP contribution in [0.3, 0.4) is 0 Å². The molecular weight excluding hydrogens is 264 g/mol. The average molecular weight is 294 g/mol. The molecule has 1 aromatic heterocycles. The third-order valence-corrected chi connectivity index (χ3v) is 4.44. The molecule has 0 saturated carbocycles. The maximum absolute atomic E-state index is 10.3. The van der Waals surface area contributed by atoms with Gasteiger partial charge in [0.25, 0.3) is 0 Å². The van der Waals surface area contributed by atoms with Gasteiger partial charge in [0.05, 0.1) is 11.8 Å². The van der Waals surface area contributed by atoms with Gasteiger partial charge in [-0.15, -0.1) is 0 Å². The van der Waals surface area contributed by atoms with E-state index in [0.717, 1.165) is 57.7 Å². The minimum absolute atomic E-state index is 0.189. The maximum Gasteiger partial charge on any atom is 0.0696 e. The summed E-state index contributed by atoms with van der Waals surface area (Å²) in [6, 6.07) is 2.12. The summed E-state index contributed by atoms with van der Waals surface area (Å²) in [6.07, 6.45) is 3.07. The van der Waals surface area contributed by atoms with Crippen molar-refractivity contribution in [3.8, 4) is 0 Å². The molecule has 120 valence electrons. The SMILES string of the molecule is Cc1cc(C)n(CCCN(C)CC(O)C2CCNCC2)n1. The van der Waals surface area contributed by atoms with Crippen molar-refractivity contribution in [3.63, 3.8) is 0 Å². The van der Waals surface area contributed by atoms with Gasteiger partial charge in [0.2, 0.25) is 0 Å². The Labute approximate surface area is 128 Å². The summed E-state index contributed by atoms with van der Waals surface area (Å²) in [6.45, 7) is 8.96. The minimum atomic E-state index is -0.189. The maximum atomic E-state index is 10.3. The normalized spacial score (nSPS) is 18.3. The molecule has 1 saturated heterocycles. The molecule has 0 bridgehead atoms. The number of aromatic nitrogens is 2. The standard InChI is InChI=1S/C16H30N4O/c1-13-11-14(2)20(18-13)10-4-9-19(3)12-16(21)15-5-7-17-8-6-15/h11,15-17,21H,4-10,12H2,1-3H3. The van der Waals surface area contributed by atoms with Gasteiger partial charge in [-0.25, -0.2) is 0 Å². The number of aliphatic hydroxyl groups is 1. The second-order valence-corrected chi connectivity index (χ2v) is 6.42. The molecule has 0 aromatic carbocycles. The first-order valence-electron chi connectivity index (χ1n) is 8.14. The molecule has 1 unspecified atom stereocenters. The third kappa shape index (κ3) is 5.09. The topological polar surface area (TPSA) is 53.3 Å². The lowest BCUT2D eigenvalue weighted by Crippen LogP contribution is -2.40. The first-order chi connectivity index (χ1) is 10.1. The highest BCUT2D eigenvalue weighted by atomic mass is 16.3. The number of rotatable bonds is 7. The summed E-state index contributed by atoms with van der Waals surface area (Å²) in [4.78, 5) is 2.25. The number of hydrogen-bond donors (Lipinski definition) is 2. The van der Waals surface area contributed by atoms with Crippen LogP contribution in [0.1, 0.15) is 30.7 Å². The summed E-state index contributed by atoms with van der Waals surface area (Å²) >= 11 is 0. The van der Waals surface area contributed by atoms with Gasteiger partial charge in [-0.05, 0) is 71.8 Å². The Kier molecular flexibility index (Phi) is 6.21. The lowest BCUT2D eigenvalue weighted by atomic mass is 9.92. The summed E-state index contributed by atoms with van der Waals surface area (Å²) < 4.78 is 2.08. The zero-order valence-electron chi connectivity index (χ0n) is 13.7. The van der Waals surface area contributed by atoms with Crippen LogP contribution < -0.4 is 5.32 Å². The van der Waals surface area contributed by atoms with E-state index in [2.05, 4.69) is 40.0 Å². The molecule has 1 aliphatic heterocycles. The molecule has 0 radical (unpaired) electrons. The van der Waals surface area contributed by atoms with E-state index < -0.39 is 0 Å². The van der Waals surface area contributed by atoms with E-state index in [1.165, 1.54) is 5.69 Å². The highest BCUT2D eigenvalue weighted by Crippen LogP contribution is 2.17. The summed E-state index contributed by atoms with van der Waals surface area (Å²) in [7, 11) is 2.10. The van der Waals surface area contributed by atoms with Crippen LogP contribution in [0.15, 0.2) is 6.07 Å². The smallest absolute Gasteiger partial charge is 0.0696 e. The fraction of sp³-hybridized carbons (Fsp3) is 0.812. The van der Waals surface area contributed by atoms with Crippen molar-refractivity contribution in [2.45, 2.75) is 45.8 Å². The van der Waals surface area contributed by atoms with Crippen LogP contribution in [0.25, 0.3) is 0 Å². The second-order valence-electron chi connectivity index (χ2n) is 6.42. The molecular formula is C16H30N4O. The first-order valence-corrected chi connectivity index (χ1v) is 8.14. The van der Waals surface area contributed by atoms with E-state index in [-0.39, 0.29) is 6.10 Å². The van der Waals surface area contributed by atoms with E-state index in [9.17, 15) is 5.11 Å². The predicted octanol–water partition coefficient (Wildman–Crippen LogP) is 1.18. The molecule has 2 heterocycles. The number of likely N-dealkylation sites (N-methyl/N-ethyl adjacent to an activating group) is 1. The highest BCUT2D eigenvalue weighted by molar-refractivity contribution is 5.06. The summed E-state index contributed by atoms with van der Waals surface area (Å²) in [5, 5.41) is 18.2. The Balaban J connectivity index is 1.67. The van der Waals surface area contributed by atoms with Crippen LogP contribution in [0.5, 0.6) is 0 Å². The van der Waals surface area contributed by atoms with Gasteiger partial charge in [-0.1, -0.05) is 0 Å². The number of aliphatic hydroxyl groups excluding tert-OH is 1. The van der Waals surface area contributed by atoms with Gasteiger partial charge in [0.1, 0.15) is 0 Å². The number of nitrogens with one attached hydrogen (secondary N) is 1. The highest BCUT2D eigenvalue weighted by Gasteiger charge is 2.22. The fourth-order valence-corrected chi connectivity index (χ4v) is 3.18. The van der Waals surface area contributed by atoms with Crippen LogP contribution in [-0.2, 0) is 6.54 Å². The lowest BCUT2D eigenvalue weighted by Gasteiger charge is -2.30. The molecule has 2 rings (SSSR count).